The van der Waals surface area contributed by atoms with Crippen LogP contribution in [0.4, 0.5) is 0 Å². The van der Waals surface area contributed by atoms with E-state index in [0.717, 1.165) is 0 Å². The minimum Gasteiger partial charge on any atom is -0.394 e. The molecule has 0 aromatic carbocycles. The summed E-state index contributed by atoms with van der Waals surface area (Å²) in [6.07, 6.45) is -5.25. The summed E-state index contributed by atoms with van der Waals surface area (Å²) in [6, 6.07) is -1.10. The maximum Gasteiger partial charge on any atom is 0.230 e. The summed E-state index contributed by atoms with van der Waals surface area (Å²) in [5.41, 5.74) is 0. The number of carbonyl (C=O) groups excluding carboxylic acids is 1. The molecule has 0 aromatic heterocycles. The highest BCUT2D eigenvalue weighted by molar-refractivity contribution is 14.1. The first-order valence-corrected chi connectivity index (χ1v) is 6.19. The number of nitrogens with one attached hydrogen (secondary N) is 1. The topological polar surface area (TPSA) is 119 Å². The minimum absolute atomic E-state index is 0.160. The van der Waals surface area contributed by atoms with Gasteiger partial charge in [-0.25, -0.2) is 0 Å². The molecule has 1 amide bonds. The molecular weight excluding hydrogens is 333 g/mol. The summed E-state index contributed by atoms with van der Waals surface area (Å²) in [7, 11) is 0. The van der Waals surface area contributed by atoms with Gasteiger partial charge in [-0.15, -0.1) is 0 Å². The van der Waals surface area contributed by atoms with Crippen LogP contribution in [0.1, 0.15) is 0 Å². The van der Waals surface area contributed by atoms with Crippen molar-refractivity contribution in [3.8, 4) is 0 Å². The van der Waals surface area contributed by atoms with Crippen LogP contribution in [0.2, 0.25) is 0 Å². The number of aliphatic hydroxyl groups is 4. The number of ether oxygens (including phenoxy) is 1. The summed E-state index contributed by atoms with van der Waals surface area (Å²) in [4.78, 5) is 11.1. The van der Waals surface area contributed by atoms with Crippen LogP contribution in [0.5, 0.6) is 0 Å². The fourth-order valence-corrected chi connectivity index (χ4v) is 1.70. The first kappa shape index (κ1) is 14.1. The highest BCUT2D eigenvalue weighted by Gasteiger charge is 2.44. The Morgan fingerprint density at radius 1 is 1.31 bits per heavy atom. The zero-order valence-electron chi connectivity index (χ0n) is 8.28. The van der Waals surface area contributed by atoms with Crippen LogP contribution < -0.4 is 5.32 Å². The van der Waals surface area contributed by atoms with Gasteiger partial charge in [-0.2, -0.15) is 0 Å². The molecular formula is C8H14INO6. The fraction of sp³-hybridized carbons (Fsp3) is 0.875. The van der Waals surface area contributed by atoms with E-state index in [0.29, 0.717) is 0 Å². The Hall–Kier alpha value is -0.0000000000000000694. The SMILES string of the molecule is O=C(CI)N[C@H]1C(O)O[C@H](CO)[C@@H](O)[C@@H]1O. The molecule has 7 nitrogen and oxygen atoms in total. The maximum atomic E-state index is 11.1. The van der Waals surface area contributed by atoms with Crippen LogP contribution in [0.15, 0.2) is 0 Å². The van der Waals surface area contributed by atoms with E-state index >= 15 is 0 Å². The summed E-state index contributed by atoms with van der Waals surface area (Å²) < 4.78 is 5.01. The van der Waals surface area contributed by atoms with Gasteiger partial charge < -0.3 is 30.5 Å². The van der Waals surface area contributed by atoms with Gasteiger partial charge in [0.15, 0.2) is 6.29 Å². The van der Waals surface area contributed by atoms with Gasteiger partial charge in [0.2, 0.25) is 5.91 Å². The molecule has 1 saturated heterocycles. The van der Waals surface area contributed by atoms with Gasteiger partial charge in [0.1, 0.15) is 24.4 Å². The normalized spacial score (nSPS) is 39.4. The lowest BCUT2D eigenvalue weighted by atomic mass is 9.97. The van der Waals surface area contributed by atoms with Crippen molar-refractivity contribution in [2.24, 2.45) is 0 Å². The van der Waals surface area contributed by atoms with Crippen molar-refractivity contribution in [1.29, 1.82) is 0 Å². The van der Waals surface area contributed by atoms with Gasteiger partial charge in [-0.05, 0) is 0 Å². The maximum absolute atomic E-state index is 11.1. The van der Waals surface area contributed by atoms with Crippen molar-refractivity contribution < 1.29 is 30.0 Å². The number of hydrogen-bond donors (Lipinski definition) is 5. The van der Waals surface area contributed by atoms with Crippen LogP contribution in [0.25, 0.3) is 0 Å². The van der Waals surface area contributed by atoms with Crippen molar-refractivity contribution in [2.75, 3.05) is 11.0 Å². The van der Waals surface area contributed by atoms with Gasteiger partial charge in [0.25, 0.3) is 0 Å². The average Bonchev–Trinajstić information content (AvgIpc) is 2.28. The molecule has 1 rings (SSSR count). The fourth-order valence-electron chi connectivity index (χ4n) is 1.48. The number of hydrogen-bond acceptors (Lipinski definition) is 6. The van der Waals surface area contributed by atoms with Crippen LogP contribution in [-0.2, 0) is 9.53 Å². The number of alkyl halides is 1. The van der Waals surface area contributed by atoms with Crippen molar-refractivity contribution in [3.05, 3.63) is 0 Å². The smallest absolute Gasteiger partial charge is 0.230 e. The molecule has 5 N–H and O–H groups in total. The predicted molar refractivity (Wildman–Crippen MR) is 60.8 cm³/mol. The summed E-state index contributed by atoms with van der Waals surface area (Å²) >= 11 is 1.82. The molecule has 1 fully saturated rings. The van der Waals surface area contributed by atoms with E-state index in [9.17, 15) is 20.1 Å². The lowest BCUT2D eigenvalue weighted by molar-refractivity contribution is -0.253. The summed E-state index contributed by atoms with van der Waals surface area (Å²) in [5.74, 6) is -0.387. The van der Waals surface area contributed by atoms with E-state index in [2.05, 4.69) is 5.32 Å². The molecule has 1 unspecified atom stereocenters. The predicted octanol–water partition coefficient (Wildman–Crippen LogP) is -2.66. The second-order valence-corrected chi connectivity index (χ2v) is 4.22. The molecule has 0 radical (unpaired) electrons. The molecule has 0 spiro atoms. The second kappa shape index (κ2) is 6.07. The average molecular weight is 347 g/mol. The van der Waals surface area contributed by atoms with Gasteiger partial charge in [-0.1, -0.05) is 22.6 Å². The van der Waals surface area contributed by atoms with Crippen LogP contribution in [0, 0.1) is 0 Å². The third-order valence-corrected chi connectivity index (χ3v) is 3.04. The number of aliphatic hydroxyl groups excluding tert-OH is 4. The summed E-state index contributed by atoms with van der Waals surface area (Å²) in [5, 5.41) is 39.8. The first-order valence-electron chi connectivity index (χ1n) is 4.67. The van der Waals surface area contributed by atoms with E-state index in [1.54, 1.807) is 0 Å². The Labute approximate surface area is 106 Å². The van der Waals surface area contributed by atoms with Crippen molar-refractivity contribution in [3.63, 3.8) is 0 Å². The Kier molecular flexibility index (Phi) is 5.34. The quantitative estimate of drug-likeness (QED) is 0.281. The highest BCUT2D eigenvalue weighted by atomic mass is 127. The number of carbonyl (C=O) groups is 1. The third-order valence-electron chi connectivity index (χ3n) is 2.35. The van der Waals surface area contributed by atoms with E-state index in [1.807, 2.05) is 22.6 Å². The molecule has 0 aromatic rings. The van der Waals surface area contributed by atoms with Crippen LogP contribution in [-0.4, -0.2) is 68.0 Å². The largest absolute Gasteiger partial charge is 0.394 e. The number of rotatable bonds is 3. The highest BCUT2D eigenvalue weighted by Crippen LogP contribution is 2.19. The van der Waals surface area contributed by atoms with Crippen LogP contribution in [0.3, 0.4) is 0 Å². The first-order chi connectivity index (χ1) is 7.51. The lowest BCUT2D eigenvalue weighted by Crippen LogP contribution is -2.64. The Morgan fingerprint density at radius 2 is 1.94 bits per heavy atom. The molecule has 0 bridgehead atoms. The lowest BCUT2D eigenvalue weighted by Gasteiger charge is -2.40. The van der Waals surface area contributed by atoms with Gasteiger partial charge in [-0.3, -0.25) is 4.79 Å². The third kappa shape index (κ3) is 3.02. The number of amides is 1. The zero-order chi connectivity index (χ0) is 12.3. The molecule has 1 heterocycles. The Balaban J connectivity index is 2.67. The van der Waals surface area contributed by atoms with Crippen molar-refractivity contribution >= 4 is 28.5 Å². The molecule has 0 saturated carbocycles. The Morgan fingerprint density at radius 3 is 2.44 bits per heavy atom. The van der Waals surface area contributed by atoms with E-state index in [-0.39, 0.29) is 10.3 Å². The standard InChI is InChI=1S/C8H14INO6/c9-1-4(12)10-5-7(14)6(13)3(2-11)16-8(5)15/h3,5-8,11,13-15H,1-2H2,(H,10,12)/t3-,5-,6-,7-,8?/m1/s1. The molecule has 8 heteroatoms. The van der Waals surface area contributed by atoms with Gasteiger partial charge in [0, 0.05) is 0 Å². The molecule has 0 aliphatic carbocycles. The molecule has 1 aliphatic heterocycles. The van der Waals surface area contributed by atoms with Crippen LogP contribution >= 0.6 is 22.6 Å². The van der Waals surface area contributed by atoms with Crippen molar-refractivity contribution in [2.45, 2.75) is 30.6 Å². The monoisotopic (exact) mass is 347 g/mol. The van der Waals surface area contributed by atoms with Crippen molar-refractivity contribution in [1.82, 2.24) is 5.32 Å². The zero-order valence-corrected chi connectivity index (χ0v) is 10.4. The number of halogens is 1. The molecule has 1 aliphatic rings. The van der Waals surface area contributed by atoms with E-state index in [1.165, 1.54) is 0 Å². The summed E-state index contributed by atoms with van der Waals surface area (Å²) in [6.45, 7) is -0.526. The Bertz CT molecular complexity index is 253. The minimum atomic E-state index is -1.46. The van der Waals surface area contributed by atoms with Gasteiger partial charge in [0.05, 0.1) is 11.0 Å². The van der Waals surface area contributed by atoms with E-state index < -0.39 is 37.3 Å². The molecule has 94 valence electrons. The molecule has 16 heavy (non-hydrogen) atoms. The molecule has 5 atom stereocenters. The second-order valence-electron chi connectivity index (χ2n) is 3.46. The van der Waals surface area contributed by atoms with E-state index in [4.69, 9.17) is 9.84 Å². The van der Waals surface area contributed by atoms with Gasteiger partial charge >= 0.3 is 0 Å².